The topological polar surface area (TPSA) is 89.7 Å². The summed E-state index contributed by atoms with van der Waals surface area (Å²) >= 11 is 3.43. The number of hydrogen-bond acceptors (Lipinski definition) is 6. The highest BCUT2D eigenvalue weighted by Gasteiger charge is 2.12. The molecule has 0 atom stereocenters. The molecule has 0 unspecified atom stereocenters. The molecule has 0 amide bonds. The van der Waals surface area contributed by atoms with Gasteiger partial charge in [0, 0.05) is 12.3 Å². The van der Waals surface area contributed by atoms with E-state index in [1.54, 1.807) is 30.3 Å². The van der Waals surface area contributed by atoms with E-state index in [0.29, 0.717) is 16.8 Å². The highest BCUT2D eigenvalue weighted by atomic mass is 79.9. The van der Waals surface area contributed by atoms with Crippen LogP contribution in [0.4, 0.5) is 15.9 Å². The predicted octanol–water partition coefficient (Wildman–Crippen LogP) is 4.92. The van der Waals surface area contributed by atoms with Gasteiger partial charge in [-0.15, -0.1) is 0 Å². The molecule has 1 aromatic heterocycles. The molecule has 2 aromatic carbocycles. The molecular weight excluding hydrogens is 431 g/mol. The number of nitro groups is 1. The van der Waals surface area contributed by atoms with Crippen molar-refractivity contribution in [3.63, 3.8) is 0 Å². The average Bonchev–Trinajstić information content (AvgIpc) is 2.69. The standard InChI is InChI=1S/C19H14BrFN4O3/c20-16-10-14(11-23-24-19-17(25(26)27)2-1-9-22-19)5-8-18(16)28-12-13-3-6-15(21)7-4-13/h1-11H,12H2,(H,22,24)/b23-11-. The number of anilines is 1. The third kappa shape index (κ3) is 5.10. The maximum atomic E-state index is 12.9. The molecule has 0 spiro atoms. The van der Waals surface area contributed by atoms with Crippen LogP contribution in [0.25, 0.3) is 0 Å². The van der Waals surface area contributed by atoms with Gasteiger partial charge in [-0.25, -0.2) is 9.37 Å². The second-order valence-electron chi connectivity index (χ2n) is 5.60. The van der Waals surface area contributed by atoms with Crippen LogP contribution in [0.1, 0.15) is 11.1 Å². The van der Waals surface area contributed by atoms with Crippen molar-refractivity contribution in [3.05, 3.63) is 92.3 Å². The Morgan fingerprint density at radius 1 is 1.25 bits per heavy atom. The van der Waals surface area contributed by atoms with Crippen LogP contribution < -0.4 is 10.2 Å². The van der Waals surface area contributed by atoms with Crippen molar-refractivity contribution < 1.29 is 14.1 Å². The van der Waals surface area contributed by atoms with Crippen molar-refractivity contribution in [1.82, 2.24) is 4.98 Å². The quantitative estimate of drug-likeness (QED) is 0.317. The molecule has 1 N–H and O–H groups in total. The van der Waals surface area contributed by atoms with Crippen LogP contribution >= 0.6 is 15.9 Å². The van der Waals surface area contributed by atoms with Crippen LogP contribution in [-0.4, -0.2) is 16.1 Å². The smallest absolute Gasteiger partial charge is 0.313 e. The molecule has 0 aliphatic heterocycles. The van der Waals surface area contributed by atoms with Crippen molar-refractivity contribution in [1.29, 1.82) is 0 Å². The Morgan fingerprint density at radius 3 is 2.75 bits per heavy atom. The number of halogens is 2. The van der Waals surface area contributed by atoms with Gasteiger partial charge in [-0.05, 0) is 63.5 Å². The van der Waals surface area contributed by atoms with E-state index in [9.17, 15) is 14.5 Å². The Bertz CT molecular complexity index is 1010. The Kier molecular flexibility index (Phi) is 6.28. The first kappa shape index (κ1) is 19.4. The minimum Gasteiger partial charge on any atom is -0.488 e. The van der Waals surface area contributed by atoms with Gasteiger partial charge in [0.1, 0.15) is 18.2 Å². The summed E-state index contributed by atoms with van der Waals surface area (Å²) in [6.45, 7) is 0.303. The number of nitrogens with zero attached hydrogens (tertiary/aromatic N) is 3. The number of ether oxygens (including phenoxy) is 1. The first-order valence-corrected chi connectivity index (χ1v) is 8.87. The van der Waals surface area contributed by atoms with E-state index >= 15 is 0 Å². The Morgan fingerprint density at radius 2 is 2.04 bits per heavy atom. The first-order valence-electron chi connectivity index (χ1n) is 8.08. The van der Waals surface area contributed by atoms with Crippen LogP contribution in [0.2, 0.25) is 0 Å². The molecule has 0 saturated carbocycles. The fourth-order valence-corrected chi connectivity index (χ4v) is 2.77. The van der Waals surface area contributed by atoms with Gasteiger partial charge in [0.05, 0.1) is 15.6 Å². The van der Waals surface area contributed by atoms with Crippen molar-refractivity contribution >= 4 is 33.6 Å². The monoisotopic (exact) mass is 444 g/mol. The van der Waals surface area contributed by atoms with Crippen molar-refractivity contribution in [2.45, 2.75) is 6.61 Å². The summed E-state index contributed by atoms with van der Waals surface area (Å²) < 4.78 is 19.4. The van der Waals surface area contributed by atoms with E-state index in [1.807, 2.05) is 0 Å². The molecule has 142 valence electrons. The van der Waals surface area contributed by atoms with E-state index in [0.717, 1.165) is 11.1 Å². The minimum atomic E-state index is -0.533. The molecule has 28 heavy (non-hydrogen) atoms. The Labute approximate surface area is 168 Å². The summed E-state index contributed by atoms with van der Waals surface area (Å²) in [6.07, 6.45) is 2.95. The highest BCUT2D eigenvalue weighted by Crippen LogP contribution is 2.26. The molecule has 3 aromatic rings. The normalized spacial score (nSPS) is 10.8. The third-order valence-electron chi connectivity index (χ3n) is 3.63. The van der Waals surface area contributed by atoms with Gasteiger partial charge in [0.15, 0.2) is 0 Å². The average molecular weight is 445 g/mol. The van der Waals surface area contributed by atoms with E-state index in [-0.39, 0.29) is 17.3 Å². The summed E-state index contributed by atoms with van der Waals surface area (Å²) in [5, 5.41) is 14.9. The summed E-state index contributed by atoms with van der Waals surface area (Å²) in [7, 11) is 0. The van der Waals surface area contributed by atoms with Crippen LogP contribution in [-0.2, 0) is 6.61 Å². The number of pyridine rings is 1. The molecule has 7 nitrogen and oxygen atoms in total. The lowest BCUT2D eigenvalue weighted by Gasteiger charge is -2.09. The molecule has 1 heterocycles. The van der Waals surface area contributed by atoms with E-state index in [4.69, 9.17) is 4.74 Å². The summed E-state index contributed by atoms with van der Waals surface area (Å²) in [5.74, 6) is 0.384. The number of rotatable bonds is 7. The van der Waals surface area contributed by atoms with E-state index < -0.39 is 4.92 Å². The second kappa shape index (κ2) is 9.05. The van der Waals surface area contributed by atoms with Crippen LogP contribution in [0.3, 0.4) is 0 Å². The SMILES string of the molecule is O=[N+]([O-])c1cccnc1N/N=C\c1ccc(OCc2ccc(F)cc2)c(Br)c1. The second-order valence-corrected chi connectivity index (χ2v) is 6.46. The third-order valence-corrected chi connectivity index (χ3v) is 4.25. The predicted molar refractivity (Wildman–Crippen MR) is 107 cm³/mol. The molecule has 9 heteroatoms. The van der Waals surface area contributed by atoms with Gasteiger partial charge < -0.3 is 4.74 Å². The molecule has 3 rings (SSSR count). The molecule has 0 saturated heterocycles. The van der Waals surface area contributed by atoms with Gasteiger partial charge in [-0.3, -0.25) is 15.5 Å². The zero-order valence-corrected chi connectivity index (χ0v) is 16.0. The lowest BCUT2D eigenvalue weighted by molar-refractivity contribution is -0.384. The van der Waals surface area contributed by atoms with Crippen LogP contribution in [0.15, 0.2) is 70.4 Å². The molecule has 0 aliphatic rings. The summed E-state index contributed by atoms with van der Waals surface area (Å²) in [6, 6.07) is 14.2. The van der Waals surface area contributed by atoms with Crippen molar-refractivity contribution in [2.75, 3.05) is 5.43 Å². The Hall–Kier alpha value is -3.33. The van der Waals surface area contributed by atoms with Gasteiger partial charge in [-0.1, -0.05) is 12.1 Å². The van der Waals surface area contributed by atoms with E-state index in [1.165, 1.54) is 36.7 Å². The zero-order valence-electron chi connectivity index (χ0n) is 14.4. The highest BCUT2D eigenvalue weighted by molar-refractivity contribution is 9.10. The first-order chi connectivity index (χ1) is 13.5. The molecule has 0 radical (unpaired) electrons. The number of nitrogens with one attached hydrogen (secondary N) is 1. The summed E-state index contributed by atoms with van der Waals surface area (Å²) in [4.78, 5) is 14.3. The number of hydrazone groups is 1. The van der Waals surface area contributed by atoms with Crippen molar-refractivity contribution in [3.8, 4) is 5.75 Å². The molecule has 0 fully saturated rings. The largest absolute Gasteiger partial charge is 0.488 e. The van der Waals surface area contributed by atoms with Gasteiger partial charge in [0.25, 0.3) is 0 Å². The number of hydrogen-bond donors (Lipinski definition) is 1. The van der Waals surface area contributed by atoms with Gasteiger partial charge >= 0.3 is 5.69 Å². The van der Waals surface area contributed by atoms with Gasteiger partial charge in [-0.2, -0.15) is 5.10 Å². The fraction of sp³-hybridized carbons (Fsp3) is 0.0526. The van der Waals surface area contributed by atoms with E-state index in [2.05, 4.69) is 31.4 Å². The molecule has 0 bridgehead atoms. The van der Waals surface area contributed by atoms with Crippen LogP contribution in [0.5, 0.6) is 5.75 Å². The maximum absolute atomic E-state index is 12.9. The zero-order chi connectivity index (χ0) is 19.9. The minimum absolute atomic E-state index is 0.0575. The Balaban J connectivity index is 1.63. The van der Waals surface area contributed by atoms with Crippen LogP contribution in [0, 0.1) is 15.9 Å². The number of aromatic nitrogens is 1. The van der Waals surface area contributed by atoms with Crippen molar-refractivity contribution in [2.24, 2.45) is 5.10 Å². The van der Waals surface area contributed by atoms with Gasteiger partial charge in [0.2, 0.25) is 5.82 Å². The maximum Gasteiger partial charge on any atom is 0.313 e. The fourth-order valence-electron chi connectivity index (χ4n) is 2.25. The molecule has 0 aliphatic carbocycles. The number of benzene rings is 2. The lowest BCUT2D eigenvalue weighted by Crippen LogP contribution is -1.99. The molecular formula is C19H14BrFN4O3. The lowest BCUT2D eigenvalue weighted by atomic mass is 10.2. The summed E-state index contributed by atoms with van der Waals surface area (Å²) in [5.41, 5.74) is 4.00.